The maximum atomic E-state index is 11.9. The molecule has 0 bridgehead atoms. The van der Waals surface area contributed by atoms with E-state index in [0.717, 1.165) is 5.56 Å². The van der Waals surface area contributed by atoms with Crippen molar-refractivity contribution in [2.45, 2.75) is 6.61 Å². The summed E-state index contributed by atoms with van der Waals surface area (Å²) >= 11 is 3.21. The van der Waals surface area contributed by atoms with E-state index in [0.29, 0.717) is 27.5 Å². The van der Waals surface area contributed by atoms with Gasteiger partial charge in [0.25, 0.3) is 5.56 Å². The zero-order valence-corrected chi connectivity index (χ0v) is 13.5. The first-order valence-electron chi connectivity index (χ1n) is 6.10. The number of halogens is 1. The average Bonchev–Trinajstić information content (AvgIpc) is 2.51. The molecule has 1 aromatic heterocycles. The van der Waals surface area contributed by atoms with Crippen LogP contribution >= 0.6 is 15.9 Å². The van der Waals surface area contributed by atoms with Crippen molar-refractivity contribution in [3.8, 4) is 22.9 Å². The molecule has 0 saturated carbocycles. The minimum Gasteiger partial charge on any atom is -0.493 e. The van der Waals surface area contributed by atoms with Gasteiger partial charge in [0.05, 0.1) is 26.5 Å². The molecule has 0 spiro atoms. The van der Waals surface area contributed by atoms with Crippen molar-refractivity contribution >= 4 is 15.9 Å². The fraction of sp³-hybridized carbons (Fsp3) is 0.286. The SMILES string of the molecule is COCc1nc(-c2ccc(OC)c(OC)c2)[nH]c(=O)c1Br. The molecule has 1 aromatic carbocycles. The Morgan fingerprint density at radius 1 is 1.19 bits per heavy atom. The second-order valence-corrected chi connectivity index (χ2v) is 4.97. The summed E-state index contributed by atoms with van der Waals surface area (Å²) in [6, 6.07) is 5.30. The first-order valence-corrected chi connectivity index (χ1v) is 6.90. The van der Waals surface area contributed by atoms with E-state index in [1.54, 1.807) is 39.5 Å². The van der Waals surface area contributed by atoms with E-state index in [1.807, 2.05) is 0 Å². The van der Waals surface area contributed by atoms with E-state index in [4.69, 9.17) is 14.2 Å². The number of H-pyrrole nitrogens is 1. The minimum absolute atomic E-state index is 0.241. The van der Waals surface area contributed by atoms with Gasteiger partial charge in [0.1, 0.15) is 10.3 Å². The number of rotatable bonds is 5. The Hall–Kier alpha value is -1.86. The van der Waals surface area contributed by atoms with Crippen LogP contribution in [0.4, 0.5) is 0 Å². The lowest BCUT2D eigenvalue weighted by molar-refractivity contribution is 0.180. The van der Waals surface area contributed by atoms with Crippen LogP contribution in [0, 0.1) is 0 Å². The molecule has 1 heterocycles. The van der Waals surface area contributed by atoms with Crippen LogP contribution in [0.1, 0.15) is 5.69 Å². The molecular formula is C14H15BrN2O4. The maximum absolute atomic E-state index is 11.9. The summed E-state index contributed by atoms with van der Waals surface area (Å²) in [5, 5.41) is 0. The van der Waals surface area contributed by atoms with Gasteiger partial charge in [-0.2, -0.15) is 0 Å². The lowest BCUT2D eigenvalue weighted by atomic mass is 10.2. The van der Waals surface area contributed by atoms with Crippen LogP contribution in [-0.2, 0) is 11.3 Å². The molecule has 0 aliphatic heterocycles. The molecule has 6 nitrogen and oxygen atoms in total. The van der Waals surface area contributed by atoms with Gasteiger partial charge >= 0.3 is 0 Å². The van der Waals surface area contributed by atoms with Gasteiger partial charge in [0, 0.05) is 12.7 Å². The third kappa shape index (κ3) is 3.25. The second kappa shape index (κ2) is 6.73. The number of hydrogen-bond acceptors (Lipinski definition) is 5. The summed E-state index contributed by atoms with van der Waals surface area (Å²) < 4.78 is 15.9. The Labute approximate surface area is 130 Å². The third-order valence-electron chi connectivity index (χ3n) is 2.87. The van der Waals surface area contributed by atoms with E-state index < -0.39 is 0 Å². The molecule has 0 aliphatic carbocycles. The van der Waals surface area contributed by atoms with Gasteiger partial charge < -0.3 is 19.2 Å². The zero-order valence-electron chi connectivity index (χ0n) is 11.9. The molecule has 1 N–H and O–H groups in total. The van der Waals surface area contributed by atoms with Gasteiger partial charge in [-0.3, -0.25) is 4.79 Å². The van der Waals surface area contributed by atoms with Crippen molar-refractivity contribution in [1.29, 1.82) is 0 Å². The monoisotopic (exact) mass is 354 g/mol. The number of hydrogen-bond donors (Lipinski definition) is 1. The van der Waals surface area contributed by atoms with Gasteiger partial charge in [-0.25, -0.2) is 4.98 Å². The molecule has 112 valence electrons. The maximum Gasteiger partial charge on any atom is 0.265 e. The van der Waals surface area contributed by atoms with Crippen LogP contribution in [0.2, 0.25) is 0 Å². The van der Waals surface area contributed by atoms with Crippen LogP contribution < -0.4 is 15.0 Å². The molecule has 0 radical (unpaired) electrons. The highest BCUT2D eigenvalue weighted by molar-refractivity contribution is 9.10. The summed E-state index contributed by atoms with van der Waals surface area (Å²) in [7, 11) is 4.66. The van der Waals surface area contributed by atoms with E-state index in [-0.39, 0.29) is 12.2 Å². The van der Waals surface area contributed by atoms with E-state index in [9.17, 15) is 4.79 Å². The van der Waals surface area contributed by atoms with Crippen molar-refractivity contribution in [3.05, 3.63) is 38.7 Å². The van der Waals surface area contributed by atoms with Gasteiger partial charge in [-0.15, -0.1) is 0 Å². The summed E-state index contributed by atoms with van der Waals surface area (Å²) in [4.78, 5) is 19.0. The Morgan fingerprint density at radius 3 is 2.52 bits per heavy atom. The Balaban J connectivity index is 2.54. The molecule has 2 rings (SSSR count). The quantitative estimate of drug-likeness (QED) is 0.892. The number of aromatic amines is 1. The molecule has 0 saturated heterocycles. The van der Waals surface area contributed by atoms with Gasteiger partial charge in [-0.1, -0.05) is 0 Å². The predicted molar refractivity (Wildman–Crippen MR) is 81.8 cm³/mol. The van der Waals surface area contributed by atoms with Crippen molar-refractivity contribution in [3.63, 3.8) is 0 Å². The molecule has 0 aliphatic rings. The lowest BCUT2D eigenvalue weighted by Crippen LogP contribution is -2.14. The molecule has 2 aromatic rings. The minimum atomic E-state index is -0.262. The standard InChI is InChI=1S/C14H15BrN2O4/c1-19-7-9-12(15)14(18)17-13(16-9)8-4-5-10(20-2)11(6-8)21-3/h4-6H,7H2,1-3H3,(H,16,17,18). The summed E-state index contributed by atoms with van der Waals surface area (Å²) in [6.07, 6.45) is 0. The smallest absolute Gasteiger partial charge is 0.265 e. The van der Waals surface area contributed by atoms with E-state index in [2.05, 4.69) is 25.9 Å². The average molecular weight is 355 g/mol. The number of ether oxygens (including phenoxy) is 3. The molecular weight excluding hydrogens is 340 g/mol. The number of methoxy groups -OCH3 is 3. The fourth-order valence-corrected chi connectivity index (χ4v) is 2.16. The van der Waals surface area contributed by atoms with Crippen LogP contribution in [0.5, 0.6) is 11.5 Å². The summed E-state index contributed by atoms with van der Waals surface area (Å²) in [5.74, 6) is 1.61. The number of aromatic nitrogens is 2. The Bertz CT molecular complexity index is 700. The van der Waals surface area contributed by atoms with Gasteiger partial charge in [-0.05, 0) is 34.1 Å². The normalized spacial score (nSPS) is 10.5. The number of nitrogens with zero attached hydrogens (tertiary/aromatic N) is 1. The largest absolute Gasteiger partial charge is 0.493 e. The van der Waals surface area contributed by atoms with Crippen LogP contribution in [0.3, 0.4) is 0 Å². The van der Waals surface area contributed by atoms with Crippen molar-refractivity contribution < 1.29 is 14.2 Å². The van der Waals surface area contributed by atoms with Gasteiger partial charge in [0.2, 0.25) is 0 Å². The topological polar surface area (TPSA) is 73.4 Å². The van der Waals surface area contributed by atoms with Crippen molar-refractivity contribution in [2.75, 3.05) is 21.3 Å². The second-order valence-electron chi connectivity index (χ2n) is 4.18. The third-order valence-corrected chi connectivity index (χ3v) is 3.69. The zero-order chi connectivity index (χ0) is 15.4. The molecule has 21 heavy (non-hydrogen) atoms. The predicted octanol–water partition coefficient (Wildman–Crippen LogP) is 2.36. The van der Waals surface area contributed by atoms with Gasteiger partial charge in [0.15, 0.2) is 11.5 Å². The fourth-order valence-electron chi connectivity index (χ4n) is 1.86. The lowest BCUT2D eigenvalue weighted by Gasteiger charge is -2.10. The highest BCUT2D eigenvalue weighted by atomic mass is 79.9. The van der Waals surface area contributed by atoms with Crippen LogP contribution in [0.25, 0.3) is 11.4 Å². The molecule has 0 amide bonds. The Morgan fingerprint density at radius 2 is 1.90 bits per heavy atom. The molecule has 0 fully saturated rings. The van der Waals surface area contributed by atoms with Crippen LogP contribution in [0.15, 0.2) is 27.5 Å². The van der Waals surface area contributed by atoms with Crippen molar-refractivity contribution in [1.82, 2.24) is 9.97 Å². The first-order chi connectivity index (χ1) is 10.1. The number of nitrogens with one attached hydrogen (secondary N) is 1. The van der Waals surface area contributed by atoms with Crippen LogP contribution in [-0.4, -0.2) is 31.3 Å². The summed E-state index contributed by atoms with van der Waals surface area (Å²) in [6.45, 7) is 0.241. The summed E-state index contributed by atoms with van der Waals surface area (Å²) in [5.41, 5.74) is 0.988. The van der Waals surface area contributed by atoms with E-state index >= 15 is 0 Å². The molecule has 7 heteroatoms. The molecule has 0 unspecified atom stereocenters. The highest BCUT2D eigenvalue weighted by Gasteiger charge is 2.12. The van der Waals surface area contributed by atoms with E-state index in [1.165, 1.54) is 0 Å². The number of benzene rings is 1. The Kier molecular flexibility index (Phi) is 4.98. The first kappa shape index (κ1) is 15.5. The van der Waals surface area contributed by atoms with Crippen molar-refractivity contribution in [2.24, 2.45) is 0 Å². The molecule has 0 atom stereocenters. The highest BCUT2D eigenvalue weighted by Crippen LogP contribution is 2.31.